The highest BCUT2D eigenvalue weighted by molar-refractivity contribution is 5.83. The molecule has 0 N–H and O–H groups in total. The van der Waals surface area contributed by atoms with Gasteiger partial charge in [0.1, 0.15) is 0 Å². The highest BCUT2D eigenvalue weighted by Gasteiger charge is 2.02. The fourth-order valence-corrected chi connectivity index (χ4v) is 3.03. The van der Waals surface area contributed by atoms with Crippen LogP contribution in [0.1, 0.15) is 11.1 Å². The van der Waals surface area contributed by atoms with Gasteiger partial charge in [-0.3, -0.25) is 0 Å². The second kappa shape index (κ2) is 4.78. The van der Waals surface area contributed by atoms with Gasteiger partial charge >= 0.3 is 0 Å². The molecule has 0 saturated heterocycles. The van der Waals surface area contributed by atoms with E-state index in [4.69, 9.17) is 0 Å². The van der Waals surface area contributed by atoms with Crippen LogP contribution >= 0.6 is 0 Å². The minimum atomic E-state index is 0.982. The quantitative estimate of drug-likeness (QED) is 0.487. The van der Waals surface area contributed by atoms with Gasteiger partial charge in [0, 0.05) is 18.8 Å². The molecule has 0 atom stereocenters. The first-order valence-electron chi connectivity index (χ1n) is 7.31. The smallest absolute Gasteiger partial charge is 0.0477 e. The van der Waals surface area contributed by atoms with Crippen molar-refractivity contribution >= 4 is 21.7 Å². The molecular weight excluding hydrogens is 254 g/mol. The summed E-state index contributed by atoms with van der Waals surface area (Å²) >= 11 is 0. The Morgan fingerprint density at radius 3 is 2.29 bits per heavy atom. The lowest BCUT2D eigenvalue weighted by molar-refractivity contribution is 0.969. The molecule has 1 nitrogen and oxygen atoms in total. The standard InChI is InChI=1S/C20H17N/c1-21-11-10-19-14-16(7-9-20(19)21)12-15-6-8-17-4-2-3-5-18(17)13-15/h2-11,13-14H,12H2,1H3. The van der Waals surface area contributed by atoms with E-state index in [1.807, 2.05) is 0 Å². The predicted molar refractivity (Wildman–Crippen MR) is 89.7 cm³/mol. The van der Waals surface area contributed by atoms with Gasteiger partial charge in [-0.2, -0.15) is 0 Å². The molecule has 0 aliphatic rings. The monoisotopic (exact) mass is 271 g/mol. The molecule has 1 heterocycles. The Hall–Kier alpha value is -2.54. The summed E-state index contributed by atoms with van der Waals surface area (Å²) in [6.07, 6.45) is 3.10. The number of rotatable bonds is 2. The lowest BCUT2D eigenvalue weighted by Crippen LogP contribution is -1.89. The topological polar surface area (TPSA) is 4.93 Å². The van der Waals surface area contributed by atoms with E-state index in [0.717, 1.165) is 6.42 Å². The van der Waals surface area contributed by atoms with Crippen LogP contribution in [0.15, 0.2) is 72.9 Å². The van der Waals surface area contributed by atoms with Crippen LogP contribution in [0.3, 0.4) is 0 Å². The molecule has 0 radical (unpaired) electrons. The Bertz CT molecular complexity index is 931. The van der Waals surface area contributed by atoms with Crippen LogP contribution in [-0.2, 0) is 13.5 Å². The van der Waals surface area contributed by atoms with Crippen LogP contribution in [0.5, 0.6) is 0 Å². The zero-order valence-corrected chi connectivity index (χ0v) is 12.1. The maximum absolute atomic E-state index is 2.30. The maximum atomic E-state index is 2.30. The average Bonchev–Trinajstić information content (AvgIpc) is 2.88. The average molecular weight is 271 g/mol. The third-order valence-corrected chi connectivity index (χ3v) is 4.17. The molecule has 0 aliphatic heterocycles. The molecule has 3 aromatic carbocycles. The van der Waals surface area contributed by atoms with Crippen LogP contribution in [0.4, 0.5) is 0 Å². The van der Waals surface area contributed by atoms with E-state index in [1.54, 1.807) is 0 Å². The van der Waals surface area contributed by atoms with Crippen LogP contribution in [0, 0.1) is 0 Å². The molecule has 0 bridgehead atoms. The van der Waals surface area contributed by atoms with Gasteiger partial charge in [0.25, 0.3) is 0 Å². The van der Waals surface area contributed by atoms with Gasteiger partial charge in [-0.05, 0) is 51.9 Å². The molecule has 0 unspecified atom stereocenters. The van der Waals surface area contributed by atoms with Gasteiger partial charge in [0.15, 0.2) is 0 Å². The van der Waals surface area contributed by atoms with Crippen molar-refractivity contribution in [3.63, 3.8) is 0 Å². The minimum Gasteiger partial charge on any atom is -0.351 e. The van der Waals surface area contributed by atoms with Crippen molar-refractivity contribution in [1.29, 1.82) is 0 Å². The number of benzene rings is 3. The van der Waals surface area contributed by atoms with Gasteiger partial charge in [-0.25, -0.2) is 0 Å². The van der Waals surface area contributed by atoms with Gasteiger partial charge in [0.05, 0.1) is 0 Å². The third-order valence-electron chi connectivity index (χ3n) is 4.17. The van der Waals surface area contributed by atoms with Gasteiger partial charge < -0.3 is 4.57 Å². The molecule has 1 aromatic heterocycles. The van der Waals surface area contributed by atoms with Crippen molar-refractivity contribution in [3.8, 4) is 0 Å². The SMILES string of the molecule is Cn1ccc2cc(Cc3ccc4ccccc4c3)ccc21. The Morgan fingerprint density at radius 1 is 0.714 bits per heavy atom. The van der Waals surface area contributed by atoms with E-state index in [-0.39, 0.29) is 0 Å². The van der Waals surface area contributed by atoms with Crippen molar-refractivity contribution in [2.24, 2.45) is 7.05 Å². The van der Waals surface area contributed by atoms with E-state index in [0.29, 0.717) is 0 Å². The summed E-state index contributed by atoms with van der Waals surface area (Å²) in [6, 6.07) is 24.2. The fraction of sp³-hybridized carbons (Fsp3) is 0.100. The lowest BCUT2D eigenvalue weighted by atomic mass is 10.0. The largest absolute Gasteiger partial charge is 0.351 e. The third kappa shape index (κ3) is 2.21. The molecule has 0 spiro atoms. The summed E-state index contributed by atoms with van der Waals surface area (Å²) in [5.41, 5.74) is 4.02. The molecule has 4 rings (SSSR count). The Labute approximate surface area is 124 Å². The predicted octanol–water partition coefficient (Wildman–Crippen LogP) is 4.92. The van der Waals surface area contributed by atoms with Gasteiger partial charge in [-0.1, -0.05) is 48.5 Å². The normalized spacial score (nSPS) is 11.3. The van der Waals surface area contributed by atoms with E-state index >= 15 is 0 Å². The van der Waals surface area contributed by atoms with Gasteiger partial charge in [0.2, 0.25) is 0 Å². The molecule has 0 amide bonds. The summed E-state index contributed by atoms with van der Waals surface area (Å²) in [5.74, 6) is 0. The molecule has 4 aromatic rings. The second-order valence-corrected chi connectivity index (χ2v) is 5.68. The molecule has 21 heavy (non-hydrogen) atoms. The van der Waals surface area contributed by atoms with Crippen molar-refractivity contribution in [3.05, 3.63) is 84.1 Å². The first kappa shape index (κ1) is 12.2. The number of hydrogen-bond acceptors (Lipinski definition) is 0. The molecule has 0 aliphatic carbocycles. The number of fused-ring (bicyclic) bond motifs is 2. The van der Waals surface area contributed by atoms with Crippen LogP contribution < -0.4 is 0 Å². The summed E-state index contributed by atoms with van der Waals surface area (Å²) in [7, 11) is 2.09. The van der Waals surface area contributed by atoms with E-state index < -0.39 is 0 Å². The van der Waals surface area contributed by atoms with E-state index in [2.05, 4.69) is 84.5 Å². The van der Waals surface area contributed by atoms with Crippen LogP contribution in [0.2, 0.25) is 0 Å². The number of aryl methyl sites for hydroxylation is 1. The Balaban J connectivity index is 1.71. The number of hydrogen-bond donors (Lipinski definition) is 0. The Morgan fingerprint density at radius 2 is 1.43 bits per heavy atom. The summed E-state index contributed by atoms with van der Waals surface area (Å²) in [4.78, 5) is 0. The lowest BCUT2D eigenvalue weighted by Gasteiger charge is -2.05. The molecule has 1 heteroatoms. The summed E-state index contributed by atoms with van der Waals surface area (Å²) in [5, 5.41) is 3.94. The highest BCUT2D eigenvalue weighted by atomic mass is 14.9. The Kier molecular flexibility index (Phi) is 2.78. The van der Waals surface area contributed by atoms with Crippen LogP contribution in [-0.4, -0.2) is 4.57 Å². The molecule has 0 saturated carbocycles. The van der Waals surface area contributed by atoms with Crippen molar-refractivity contribution in [2.45, 2.75) is 6.42 Å². The number of aromatic nitrogens is 1. The van der Waals surface area contributed by atoms with E-state index in [9.17, 15) is 0 Å². The first-order valence-corrected chi connectivity index (χ1v) is 7.31. The zero-order chi connectivity index (χ0) is 14.2. The van der Waals surface area contributed by atoms with Crippen molar-refractivity contribution < 1.29 is 0 Å². The van der Waals surface area contributed by atoms with E-state index in [1.165, 1.54) is 32.8 Å². The zero-order valence-electron chi connectivity index (χ0n) is 12.1. The molecule has 102 valence electrons. The second-order valence-electron chi connectivity index (χ2n) is 5.68. The van der Waals surface area contributed by atoms with Crippen LogP contribution in [0.25, 0.3) is 21.7 Å². The molecular formula is C20H17N. The maximum Gasteiger partial charge on any atom is 0.0477 e. The first-order chi connectivity index (χ1) is 10.3. The number of nitrogens with zero attached hydrogens (tertiary/aromatic N) is 1. The summed E-state index contributed by atoms with van der Waals surface area (Å²) in [6.45, 7) is 0. The summed E-state index contributed by atoms with van der Waals surface area (Å²) < 4.78 is 2.16. The highest BCUT2D eigenvalue weighted by Crippen LogP contribution is 2.21. The minimum absolute atomic E-state index is 0.982. The fourth-order valence-electron chi connectivity index (χ4n) is 3.03. The van der Waals surface area contributed by atoms with Crippen molar-refractivity contribution in [2.75, 3.05) is 0 Å². The van der Waals surface area contributed by atoms with Crippen molar-refractivity contribution in [1.82, 2.24) is 4.57 Å². The van der Waals surface area contributed by atoms with Gasteiger partial charge in [-0.15, -0.1) is 0 Å². The molecule has 0 fully saturated rings.